The highest BCUT2D eigenvalue weighted by molar-refractivity contribution is 5.95. The molecule has 0 aliphatic rings. The van der Waals surface area contributed by atoms with Crippen LogP contribution in [0, 0.1) is 0 Å². The number of nitrogens with one attached hydrogen (secondary N) is 4. The van der Waals surface area contributed by atoms with Crippen LogP contribution in [0.1, 0.15) is 17.7 Å². The molecule has 3 atom stereocenters. The largest absolute Gasteiger partial charge is 0.508 e. The Labute approximate surface area is 199 Å². The molecule has 0 aliphatic heterocycles. The Balaban J connectivity index is 1.91. The fraction of sp³-hybridized carbons (Fsp3) is 0.333. The highest BCUT2D eigenvalue weighted by atomic mass is 16.4. The number of phenols is 1. The van der Waals surface area contributed by atoms with Gasteiger partial charge in [0.15, 0.2) is 0 Å². The highest BCUT2D eigenvalue weighted by Gasteiger charge is 2.27. The number of benzene rings is 1. The number of hydrogen-bond acceptors (Lipinski definition) is 8. The third kappa shape index (κ3) is 9.13. The summed E-state index contributed by atoms with van der Waals surface area (Å²) in [6.07, 6.45) is 2.37. The van der Waals surface area contributed by atoms with Crippen LogP contribution in [0.4, 0.5) is 0 Å². The van der Waals surface area contributed by atoms with Crippen LogP contribution in [0.5, 0.6) is 5.75 Å². The van der Waals surface area contributed by atoms with Gasteiger partial charge in [-0.3, -0.25) is 19.2 Å². The summed E-state index contributed by atoms with van der Waals surface area (Å²) in [4.78, 5) is 66.5. The Kier molecular flexibility index (Phi) is 9.71. The van der Waals surface area contributed by atoms with E-state index in [1.54, 1.807) is 0 Å². The van der Waals surface area contributed by atoms with Gasteiger partial charge in [0.2, 0.25) is 23.6 Å². The standard InChI is InChI=1S/C21H27N7O7/c22-14(6-12-8-24-10-26-12)19(32)28-15(7-17(23)30)20(33)25-9-18(31)27-16(21(34)35)5-11-1-3-13(29)4-2-11/h1-4,8,10,14-16,29H,5-7,9,22H2,(H2,23,30)(H,24,26)(H,25,33)(H,27,31)(H,28,32)(H,34,35). The summed E-state index contributed by atoms with van der Waals surface area (Å²) in [5.74, 6) is -4.60. The van der Waals surface area contributed by atoms with Crippen molar-refractivity contribution in [3.8, 4) is 5.75 Å². The van der Waals surface area contributed by atoms with Crippen LogP contribution < -0.4 is 27.4 Å². The SMILES string of the molecule is NC(=O)CC(NC(=O)C(N)Cc1cnc[nH]1)C(=O)NCC(=O)NC(Cc1ccc(O)cc1)C(=O)O. The van der Waals surface area contributed by atoms with Gasteiger partial charge in [-0.25, -0.2) is 9.78 Å². The lowest BCUT2D eigenvalue weighted by Gasteiger charge is -2.20. The maximum Gasteiger partial charge on any atom is 0.326 e. The van der Waals surface area contributed by atoms with Crippen LogP contribution in [-0.4, -0.2) is 74.4 Å². The molecule has 2 rings (SSSR count). The van der Waals surface area contributed by atoms with Crippen molar-refractivity contribution >= 4 is 29.6 Å². The van der Waals surface area contributed by atoms with Crippen molar-refractivity contribution in [2.24, 2.45) is 11.5 Å². The van der Waals surface area contributed by atoms with E-state index in [1.807, 2.05) is 0 Å². The van der Waals surface area contributed by atoms with Crippen molar-refractivity contribution in [1.29, 1.82) is 0 Å². The topological polar surface area (TPSA) is 243 Å². The first kappa shape index (κ1) is 26.8. The van der Waals surface area contributed by atoms with E-state index >= 15 is 0 Å². The summed E-state index contributed by atoms with van der Waals surface area (Å²) in [6.45, 7) is -0.622. The molecule has 4 amide bonds. The molecule has 1 aromatic carbocycles. The quantitative estimate of drug-likeness (QED) is 0.145. The molecular formula is C21H27N7O7. The van der Waals surface area contributed by atoms with E-state index in [1.165, 1.54) is 36.8 Å². The van der Waals surface area contributed by atoms with E-state index in [0.29, 0.717) is 11.3 Å². The fourth-order valence-corrected chi connectivity index (χ4v) is 3.02. The number of primary amides is 1. The van der Waals surface area contributed by atoms with E-state index < -0.39 is 60.7 Å². The normalized spacial score (nSPS) is 13.2. The number of H-pyrrole nitrogens is 1. The van der Waals surface area contributed by atoms with Gasteiger partial charge in [0.1, 0.15) is 17.8 Å². The number of aliphatic carboxylic acids is 1. The van der Waals surface area contributed by atoms with Crippen molar-refractivity contribution in [3.05, 3.63) is 48.0 Å². The number of aromatic hydroxyl groups is 1. The fourth-order valence-electron chi connectivity index (χ4n) is 3.02. The summed E-state index contributed by atoms with van der Waals surface area (Å²) in [5, 5.41) is 25.5. The maximum atomic E-state index is 12.5. The number of phenolic OH excluding ortho intramolecular Hbond substituents is 1. The Hall–Kier alpha value is -4.46. The Morgan fingerprint density at radius 3 is 2.26 bits per heavy atom. The number of aromatic nitrogens is 2. The molecule has 0 bridgehead atoms. The van der Waals surface area contributed by atoms with Gasteiger partial charge >= 0.3 is 5.97 Å². The van der Waals surface area contributed by atoms with E-state index in [-0.39, 0.29) is 18.6 Å². The number of carboxylic acid groups (broad SMARTS) is 1. The average molecular weight is 489 g/mol. The molecule has 14 heteroatoms. The first-order valence-electron chi connectivity index (χ1n) is 10.4. The molecule has 1 aromatic heterocycles. The van der Waals surface area contributed by atoms with E-state index in [4.69, 9.17) is 11.5 Å². The molecule has 14 nitrogen and oxygen atoms in total. The second-order valence-electron chi connectivity index (χ2n) is 7.67. The molecular weight excluding hydrogens is 462 g/mol. The molecule has 3 unspecified atom stereocenters. The number of nitrogens with zero attached hydrogens (tertiary/aromatic N) is 1. The summed E-state index contributed by atoms with van der Waals surface area (Å²) in [5.41, 5.74) is 12.1. The molecule has 2 aromatic rings. The summed E-state index contributed by atoms with van der Waals surface area (Å²) >= 11 is 0. The lowest BCUT2D eigenvalue weighted by Crippen LogP contribution is -2.54. The van der Waals surface area contributed by atoms with Gasteiger partial charge in [0, 0.05) is 24.7 Å². The number of amides is 4. The van der Waals surface area contributed by atoms with Crippen molar-refractivity contribution in [2.75, 3.05) is 6.54 Å². The number of nitrogens with two attached hydrogens (primary N) is 2. The van der Waals surface area contributed by atoms with Gasteiger partial charge in [-0.1, -0.05) is 12.1 Å². The summed E-state index contributed by atoms with van der Waals surface area (Å²) in [7, 11) is 0. The lowest BCUT2D eigenvalue weighted by molar-refractivity contribution is -0.141. The monoisotopic (exact) mass is 489 g/mol. The van der Waals surface area contributed by atoms with E-state index in [9.17, 15) is 34.2 Å². The zero-order chi connectivity index (χ0) is 26.0. The van der Waals surface area contributed by atoms with Crippen LogP contribution in [0.2, 0.25) is 0 Å². The smallest absolute Gasteiger partial charge is 0.326 e. The molecule has 10 N–H and O–H groups in total. The number of carboxylic acids is 1. The van der Waals surface area contributed by atoms with E-state index in [0.717, 1.165) is 0 Å². The number of carbonyl (C=O) groups excluding carboxylic acids is 4. The molecule has 35 heavy (non-hydrogen) atoms. The number of imidazole rings is 1. The molecule has 1 heterocycles. The minimum atomic E-state index is -1.40. The van der Waals surface area contributed by atoms with Gasteiger partial charge in [-0.05, 0) is 17.7 Å². The summed E-state index contributed by atoms with van der Waals surface area (Å²) in [6, 6.07) is 2.02. The number of rotatable bonds is 13. The molecule has 0 radical (unpaired) electrons. The first-order valence-corrected chi connectivity index (χ1v) is 10.4. The Morgan fingerprint density at radius 1 is 1.00 bits per heavy atom. The minimum absolute atomic E-state index is 0.00671. The predicted octanol–water partition coefficient (Wildman–Crippen LogP) is -2.73. The van der Waals surface area contributed by atoms with Crippen molar-refractivity contribution in [1.82, 2.24) is 25.9 Å². The first-order chi connectivity index (χ1) is 16.5. The minimum Gasteiger partial charge on any atom is -0.508 e. The molecule has 0 saturated carbocycles. The molecule has 0 saturated heterocycles. The van der Waals surface area contributed by atoms with Gasteiger partial charge in [0.25, 0.3) is 0 Å². The number of carbonyl (C=O) groups is 5. The molecule has 188 valence electrons. The highest BCUT2D eigenvalue weighted by Crippen LogP contribution is 2.11. The second-order valence-corrected chi connectivity index (χ2v) is 7.67. The molecule has 0 fully saturated rings. The zero-order valence-electron chi connectivity index (χ0n) is 18.6. The second kappa shape index (κ2) is 12.7. The van der Waals surface area contributed by atoms with Gasteiger partial charge in [0.05, 0.1) is 25.3 Å². The summed E-state index contributed by atoms with van der Waals surface area (Å²) < 4.78 is 0. The maximum absolute atomic E-state index is 12.5. The average Bonchev–Trinajstić information content (AvgIpc) is 3.30. The Morgan fingerprint density at radius 2 is 1.69 bits per heavy atom. The van der Waals surface area contributed by atoms with Crippen LogP contribution in [0.3, 0.4) is 0 Å². The van der Waals surface area contributed by atoms with Crippen LogP contribution in [-0.2, 0) is 36.8 Å². The third-order valence-corrected chi connectivity index (χ3v) is 4.80. The Bertz CT molecular complexity index is 1040. The van der Waals surface area contributed by atoms with Crippen molar-refractivity contribution < 1.29 is 34.2 Å². The number of hydrogen-bond donors (Lipinski definition) is 8. The van der Waals surface area contributed by atoms with Crippen molar-refractivity contribution in [2.45, 2.75) is 37.4 Å². The van der Waals surface area contributed by atoms with Gasteiger partial charge in [-0.15, -0.1) is 0 Å². The predicted molar refractivity (Wildman–Crippen MR) is 120 cm³/mol. The lowest BCUT2D eigenvalue weighted by atomic mass is 10.1. The van der Waals surface area contributed by atoms with Crippen molar-refractivity contribution in [3.63, 3.8) is 0 Å². The van der Waals surface area contributed by atoms with Crippen LogP contribution >= 0.6 is 0 Å². The van der Waals surface area contributed by atoms with E-state index in [2.05, 4.69) is 25.9 Å². The van der Waals surface area contributed by atoms with Crippen LogP contribution in [0.25, 0.3) is 0 Å². The van der Waals surface area contributed by atoms with Gasteiger partial charge in [-0.2, -0.15) is 0 Å². The number of aromatic amines is 1. The zero-order valence-corrected chi connectivity index (χ0v) is 18.6. The molecule has 0 spiro atoms. The molecule has 0 aliphatic carbocycles. The third-order valence-electron chi connectivity index (χ3n) is 4.80. The van der Waals surface area contributed by atoms with Crippen LogP contribution in [0.15, 0.2) is 36.8 Å². The van der Waals surface area contributed by atoms with Gasteiger partial charge < -0.3 is 42.6 Å².